The highest BCUT2D eigenvalue weighted by Crippen LogP contribution is 2.30. The summed E-state index contributed by atoms with van der Waals surface area (Å²) in [5.41, 5.74) is 0.0507. The van der Waals surface area contributed by atoms with Gasteiger partial charge < -0.3 is 14.8 Å². The standard InChI is InChI=1S/C16H14F2N2O5S/c17-16(18)25-14-7-10(5-6-19-14)15(21)20-8-11-9-26(22,23)13-4-2-1-3-12(13)24-11/h1-7,11,16H,8-9H2,(H,20,21). The number of sulfone groups is 1. The molecule has 26 heavy (non-hydrogen) atoms. The molecule has 1 amide bonds. The van der Waals surface area contributed by atoms with Crippen LogP contribution in [-0.2, 0) is 9.84 Å². The zero-order chi connectivity index (χ0) is 18.7. The van der Waals surface area contributed by atoms with Gasteiger partial charge in [0, 0.05) is 17.8 Å². The van der Waals surface area contributed by atoms with Gasteiger partial charge in [0.25, 0.3) is 5.91 Å². The van der Waals surface area contributed by atoms with Crippen LogP contribution in [0.1, 0.15) is 10.4 Å². The number of carbonyl (C=O) groups is 1. The number of hydrogen-bond donors (Lipinski definition) is 1. The first-order valence-electron chi connectivity index (χ1n) is 7.52. The number of aromatic nitrogens is 1. The van der Waals surface area contributed by atoms with Crippen LogP contribution in [0.5, 0.6) is 11.6 Å². The van der Waals surface area contributed by atoms with Crippen LogP contribution in [0.25, 0.3) is 0 Å². The Balaban J connectivity index is 1.66. The fourth-order valence-corrected chi connectivity index (χ4v) is 4.03. The van der Waals surface area contributed by atoms with Gasteiger partial charge in [-0.3, -0.25) is 4.79 Å². The van der Waals surface area contributed by atoms with E-state index in [9.17, 15) is 22.0 Å². The van der Waals surface area contributed by atoms with E-state index in [1.54, 1.807) is 12.1 Å². The summed E-state index contributed by atoms with van der Waals surface area (Å²) in [6, 6.07) is 8.64. The monoisotopic (exact) mass is 384 g/mol. The molecule has 0 bridgehead atoms. The van der Waals surface area contributed by atoms with Gasteiger partial charge >= 0.3 is 6.61 Å². The van der Waals surface area contributed by atoms with E-state index in [1.807, 2.05) is 0 Å². The van der Waals surface area contributed by atoms with E-state index in [0.717, 1.165) is 12.3 Å². The average molecular weight is 384 g/mol. The van der Waals surface area contributed by atoms with Crippen molar-refractivity contribution in [2.45, 2.75) is 17.6 Å². The summed E-state index contributed by atoms with van der Waals surface area (Å²) in [4.78, 5) is 15.8. The Labute approximate surface area is 147 Å². The maximum atomic E-state index is 12.3. The zero-order valence-electron chi connectivity index (χ0n) is 13.3. The maximum Gasteiger partial charge on any atom is 0.388 e. The molecule has 138 valence electrons. The molecule has 7 nitrogen and oxygen atoms in total. The lowest BCUT2D eigenvalue weighted by atomic mass is 10.2. The van der Waals surface area contributed by atoms with E-state index in [0.29, 0.717) is 0 Å². The second-order valence-corrected chi connectivity index (χ2v) is 7.44. The Morgan fingerprint density at radius 2 is 2.12 bits per heavy atom. The van der Waals surface area contributed by atoms with E-state index in [-0.39, 0.29) is 28.5 Å². The van der Waals surface area contributed by atoms with Crippen LogP contribution in [0.3, 0.4) is 0 Å². The Bertz CT molecular complexity index is 920. The fourth-order valence-electron chi connectivity index (χ4n) is 2.47. The third-order valence-electron chi connectivity index (χ3n) is 3.58. The van der Waals surface area contributed by atoms with Crippen molar-refractivity contribution >= 4 is 15.7 Å². The number of benzene rings is 1. The van der Waals surface area contributed by atoms with Crippen LogP contribution in [0.4, 0.5) is 8.78 Å². The van der Waals surface area contributed by atoms with Crippen molar-refractivity contribution in [1.29, 1.82) is 0 Å². The number of hydrogen-bond acceptors (Lipinski definition) is 6. The molecule has 1 unspecified atom stereocenters. The molecule has 1 aromatic carbocycles. The molecular formula is C16H14F2N2O5S. The van der Waals surface area contributed by atoms with E-state index in [2.05, 4.69) is 15.0 Å². The van der Waals surface area contributed by atoms with Gasteiger partial charge in [0.15, 0.2) is 9.84 Å². The quantitative estimate of drug-likeness (QED) is 0.842. The molecule has 0 aliphatic carbocycles. The molecule has 0 saturated carbocycles. The molecule has 2 aromatic rings. The van der Waals surface area contributed by atoms with Crippen LogP contribution in [0.15, 0.2) is 47.5 Å². The third-order valence-corrected chi connectivity index (χ3v) is 5.40. The lowest BCUT2D eigenvalue weighted by Gasteiger charge is -2.26. The molecule has 0 spiro atoms. The summed E-state index contributed by atoms with van der Waals surface area (Å²) in [6.07, 6.45) is 0.391. The van der Waals surface area contributed by atoms with E-state index in [1.165, 1.54) is 18.2 Å². The summed E-state index contributed by atoms with van der Waals surface area (Å²) in [7, 11) is -3.51. The van der Waals surface area contributed by atoms with Gasteiger partial charge in [0.2, 0.25) is 5.88 Å². The normalized spacial score (nSPS) is 17.9. The van der Waals surface area contributed by atoms with Crippen molar-refractivity contribution in [3.8, 4) is 11.6 Å². The molecule has 0 fully saturated rings. The Morgan fingerprint density at radius 3 is 2.88 bits per heavy atom. The predicted molar refractivity (Wildman–Crippen MR) is 86.1 cm³/mol. The number of para-hydroxylation sites is 1. The largest absolute Gasteiger partial charge is 0.486 e. The van der Waals surface area contributed by atoms with Gasteiger partial charge in [0.1, 0.15) is 16.7 Å². The first-order valence-corrected chi connectivity index (χ1v) is 9.18. The number of rotatable bonds is 5. The number of nitrogens with zero attached hydrogens (tertiary/aromatic N) is 1. The number of pyridine rings is 1. The van der Waals surface area contributed by atoms with E-state index < -0.39 is 34.3 Å². The van der Waals surface area contributed by atoms with E-state index in [4.69, 9.17) is 4.74 Å². The zero-order valence-corrected chi connectivity index (χ0v) is 14.1. The first-order chi connectivity index (χ1) is 12.3. The number of alkyl halides is 2. The lowest BCUT2D eigenvalue weighted by Crippen LogP contribution is -2.42. The topological polar surface area (TPSA) is 94.6 Å². The highest BCUT2D eigenvalue weighted by Gasteiger charge is 2.31. The Hall–Kier alpha value is -2.75. The van der Waals surface area contributed by atoms with Gasteiger partial charge in [-0.25, -0.2) is 13.4 Å². The van der Waals surface area contributed by atoms with Crippen molar-refractivity contribution in [3.63, 3.8) is 0 Å². The molecule has 2 heterocycles. The molecule has 1 atom stereocenters. The highest BCUT2D eigenvalue weighted by molar-refractivity contribution is 7.91. The van der Waals surface area contributed by atoms with Crippen LogP contribution in [0.2, 0.25) is 0 Å². The third kappa shape index (κ3) is 4.07. The average Bonchev–Trinajstić information content (AvgIpc) is 2.59. The van der Waals surface area contributed by atoms with Gasteiger partial charge in [-0.1, -0.05) is 12.1 Å². The second-order valence-electron chi connectivity index (χ2n) is 5.44. The molecule has 1 N–H and O–H groups in total. The fraction of sp³-hybridized carbons (Fsp3) is 0.250. The molecule has 0 radical (unpaired) electrons. The maximum absolute atomic E-state index is 12.3. The van der Waals surface area contributed by atoms with Gasteiger partial charge in [-0.05, 0) is 18.2 Å². The Kier molecular flexibility index (Phi) is 5.03. The van der Waals surface area contributed by atoms with Crippen LogP contribution in [-0.4, -0.2) is 44.3 Å². The molecule has 3 rings (SSSR count). The lowest BCUT2D eigenvalue weighted by molar-refractivity contribution is -0.0529. The highest BCUT2D eigenvalue weighted by atomic mass is 32.2. The van der Waals surface area contributed by atoms with Gasteiger partial charge in [-0.15, -0.1) is 0 Å². The van der Waals surface area contributed by atoms with Crippen molar-refractivity contribution in [3.05, 3.63) is 48.2 Å². The van der Waals surface area contributed by atoms with Crippen LogP contribution >= 0.6 is 0 Å². The van der Waals surface area contributed by atoms with Crippen LogP contribution < -0.4 is 14.8 Å². The molecule has 1 aliphatic heterocycles. The minimum atomic E-state index is -3.51. The molecule has 0 saturated heterocycles. The number of halogens is 2. The summed E-state index contributed by atoms with van der Waals surface area (Å²) in [6.45, 7) is -3.12. The summed E-state index contributed by atoms with van der Waals surface area (Å²) in [5, 5.41) is 2.52. The number of amides is 1. The van der Waals surface area contributed by atoms with Crippen molar-refractivity contribution in [2.75, 3.05) is 12.3 Å². The minimum Gasteiger partial charge on any atom is -0.486 e. The summed E-state index contributed by atoms with van der Waals surface area (Å²) in [5.74, 6) is -1.03. The predicted octanol–water partition coefficient (Wildman–Crippen LogP) is 1.65. The molecule has 1 aromatic heterocycles. The van der Waals surface area contributed by atoms with Crippen LogP contribution in [0, 0.1) is 0 Å². The smallest absolute Gasteiger partial charge is 0.388 e. The van der Waals surface area contributed by atoms with Gasteiger partial charge in [-0.2, -0.15) is 8.78 Å². The van der Waals surface area contributed by atoms with Crippen molar-refractivity contribution in [1.82, 2.24) is 10.3 Å². The number of fused-ring (bicyclic) bond motifs is 1. The van der Waals surface area contributed by atoms with Crippen molar-refractivity contribution < 1.29 is 31.5 Å². The van der Waals surface area contributed by atoms with Gasteiger partial charge in [0.05, 0.1) is 12.3 Å². The number of nitrogens with one attached hydrogen (secondary N) is 1. The number of ether oxygens (including phenoxy) is 2. The second kappa shape index (κ2) is 7.24. The van der Waals surface area contributed by atoms with Crippen molar-refractivity contribution in [2.24, 2.45) is 0 Å². The molecule has 1 aliphatic rings. The molecular weight excluding hydrogens is 370 g/mol. The number of carbonyl (C=O) groups excluding carboxylic acids is 1. The van der Waals surface area contributed by atoms with E-state index >= 15 is 0 Å². The first kappa shape index (κ1) is 18.1. The summed E-state index contributed by atoms with van der Waals surface area (Å²) >= 11 is 0. The minimum absolute atomic E-state index is 0.0507. The summed E-state index contributed by atoms with van der Waals surface area (Å²) < 4.78 is 58.7. The molecule has 10 heteroatoms. The Morgan fingerprint density at radius 1 is 1.35 bits per heavy atom. The SMILES string of the molecule is O=C(NCC1CS(=O)(=O)c2ccccc2O1)c1ccnc(OC(F)F)c1.